The highest BCUT2D eigenvalue weighted by molar-refractivity contribution is 7.98. The van der Waals surface area contributed by atoms with Gasteiger partial charge in [-0.3, -0.25) is 9.78 Å². The molecule has 3 aromatic rings. The number of furan rings is 1. The normalized spacial score (nSPS) is 10.8. The van der Waals surface area contributed by atoms with E-state index in [9.17, 15) is 4.79 Å². The van der Waals surface area contributed by atoms with Gasteiger partial charge in [0.15, 0.2) is 10.9 Å². The van der Waals surface area contributed by atoms with Gasteiger partial charge in [0.2, 0.25) is 0 Å². The van der Waals surface area contributed by atoms with Gasteiger partial charge in [-0.25, -0.2) is 9.97 Å². The Balaban J connectivity index is 1.59. The number of anilines is 1. The fourth-order valence-electron chi connectivity index (χ4n) is 2.83. The van der Waals surface area contributed by atoms with Crippen LogP contribution in [0.5, 0.6) is 0 Å². The predicted molar refractivity (Wildman–Crippen MR) is 119 cm³/mol. The molecule has 0 atom stereocenters. The van der Waals surface area contributed by atoms with Gasteiger partial charge < -0.3 is 14.6 Å². The summed E-state index contributed by atoms with van der Waals surface area (Å²) in [6.45, 7) is 5.61. The van der Waals surface area contributed by atoms with E-state index < -0.39 is 0 Å². The van der Waals surface area contributed by atoms with E-state index in [-0.39, 0.29) is 5.91 Å². The van der Waals surface area contributed by atoms with E-state index in [0.29, 0.717) is 29.0 Å². The molecule has 0 spiro atoms. The molecule has 7 nitrogen and oxygen atoms in total. The molecule has 0 unspecified atom stereocenters. The Morgan fingerprint density at radius 3 is 2.70 bits per heavy atom. The SMILES string of the molecule is CCCN(C)c1cc(CC)nc(SCc2ccc(C(=O)NCc3ccncc3)o2)n1. The average molecular weight is 426 g/mol. The molecule has 0 aliphatic rings. The van der Waals surface area contributed by atoms with Crippen LogP contribution in [0.25, 0.3) is 0 Å². The van der Waals surface area contributed by atoms with Crippen molar-refractivity contribution in [1.29, 1.82) is 0 Å². The molecule has 30 heavy (non-hydrogen) atoms. The first-order valence-corrected chi connectivity index (χ1v) is 11.0. The van der Waals surface area contributed by atoms with Gasteiger partial charge in [0.05, 0.1) is 5.75 Å². The largest absolute Gasteiger partial charge is 0.455 e. The quantitative estimate of drug-likeness (QED) is 0.387. The highest BCUT2D eigenvalue weighted by Gasteiger charge is 2.13. The lowest BCUT2D eigenvalue weighted by Gasteiger charge is -2.18. The second-order valence-corrected chi connectivity index (χ2v) is 7.81. The zero-order valence-corrected chi connectivity index (χ0v) is 18.4. The first-order chi connectivity index (χ1) is 14.6. The number of nitrogens with one attached hydrogen (secondary N) is 1. The Kier molecular flexibility index (Phi) is 7.84. The minimum Gasteiger partial charge on any atom is -0.455 e. The topological polar surface area (TPSA) is 84.2 Å². The maximum atomic E-state index is 12.3. The highest BCUT2D eigenvalue weighted by Crippen LogP contribution is 2.24. The number of nitrogens with zero attached hydrogens (tertiary/aromatic N) is 4. The van der Waals surface area contributed by atoms with Crippen molar-refractivity contribution in [2.75, 3.05) is 18.5 Å². The maximum absolute atomic E-state index is 12.3. The van der Waals surface area contributed by atoms with Crippen molar-refractivity contribution in [3.63, 3.8) is 0 Å². The van der Waals surface area contributed by atoms with E-state index >= 15 is 0 Å². The van der Waals surface area contributed by atoms with Gasteiger partial charge in [-0.2, -0.15) is 0 Å². The third-order valence-electron chi connectivity index (χ3n) is 4.49. The van der Waals surface area contributed by atoms with Gasteiger partial charge in [-0.05, 0) is 42.7 Å². The number of aryl methyl sites for hydroxylation is 1. The van der Waals surface area contributed by atoms with Crippen molar-refractivity contribution in [2.45, 2.75) is 44.1 Å². The van der Waals surface area contributed by atoms with E-state index in [2.05, 4.69) is 39.0 Å². The molecule has 3 aromatic heterocycles. The fraction of sp³-hybridized carbons (Fsp3) is 0.364. The number of pyridine rings is 1. The molecule has 158 valence electrons. The van der Waals surface area contributed by atoms with Crippen molar-refractivity contribution in [3.8, 4) is 0 Å². The molecule has 0 radical (unpaired) electrons. The lowest BCUT2D eigenvalue weighted by Crippen LogP contribution is -2.22. The second kappa shape index (κ2) is 10.8. The van der Waals surface area contributed by atoms with Gasteiger partial charge in [0.25, 0.3) is 5.91 Å². The summed E-state index contributed by atoms with van der Waals surface area (Å²) in [4.78, 5) is 27.7. The summed E-state index contributed by atoms with van der Waals surface area (Å²) in [5.74, 6) is 2.26. The van der Waals surface area contributed by atoms with Gasteiger partial charge in [0.1, 0.15) is 11.6 Å². The van der Waals surface area contributed by atoms with Crippen molar-refractivity contribution < 1.29 is 9.21 Å². The van der Waals surface area contributed by atoms with E-state index in [1.54, 1.807) is 18.5 Å². The average Bonchev–Trinajstić information content (AvgIpc) is 3.26. The molecule has 0 aliphatic carbocycles. The molecule has 0 saturated carbocycles. The number of amides is 1. The van der Waals surface area contributed by atoms with E-state index in [1.165, 1.54) is 11.8 Å². The first kappa shape index (κ1) is 21.8. The zero-order valence-electron chi connectivity index (χ0n) is 17.6. The Bertz CT molecular complexity index is 961. The summed E-state index contributed by atoms with van der Waals surface area (Å²) in [5.41, 5.74) is 2.00. The Hall–Kier alpha value is -2.87. The lowest BCUT2D eigenvalue weighted by atomic mass is 10.2. The summed E-state index contributed by atoms with van der Waals surface area (Å²) in [6, 6.07) is 9.28. The third kappa shape index (κ3) is 6.06. The number of hydrogen-bond acceptors (Lipinski definition) is 7. The molecule has 1 N–H and O–H groups in total. The number of hydrogen-bond donors (Lipinski definition) is 1. The predicted octanol–water partition coefficient (Wildman–Crippen LogP) is 4.10. The lowest BCUT2D eigenvalue weighted by molar-refractivity contribution is 0.0921. The molecule has 0 aromatic carbocycles. The van der Waals surface area contributed by atoms with Crippen LogP contribution < -0.4 is 10.2 Å². The van der Waals surface area contributed by atoms with Crippen molar-refractivity contribution in [2.24, 2.45) is 0 Å². The van der Waals surface area contributed by atoms with Gasteiger partial charge in [-0.15, -0.1) is 0 Å². The number of aromatic nitrogens is 3. The van der Waals surface area contributed by atoms with Crippen molar-refractivity contribution >= 4 is 23.5 Å². The van der Waals surface area contributed by atoms with E-state index in [0.717, 1.165) is 36.5 Å². The van der Waals surface area contributed by atoms with Crippen molar-refractivity contribution in [3.05, 3.63) is 65.5 Å². The highest BCUT2D eigenvalue weighted by atomic mass is 32.2. The van der Waals surface area contributed by atoms with Crippen LogP contribution in [0.2, 0.25) is 0 Å². The molecule has 0 saturated heterocycles. The monoisotopic (exact) mass is 425 g/mol. The Morgan fingerprint density at radius 2 is 1.97 bits per heavy atom. The molecule has 0 fully saturated rings. The molecule has 0 bridgehead atoms. The maximum Gasteiger partial charge on any atom is 0.287 e. The van der Waals surface area contributed by atoms with Crippen LogP contribution in [0.4, 0.5) is 5.82 Å². The van der Waals surface area contributed by atoms with E-state index in [1.807, 2.05) is 31.3 Å². The molecular weight excluding hydrogens is 398 g/mol. The number of rotatable bonds is 10. The minimum atomic E-state index is -0.240. The third-order valence-corrected chi connectivity index (χ3v) is 5.36. The molecular formula is C22H27N5O2S. The molecule has 3 heterocycles. The number of carbonyl (C=O) groups excluding carboxylic acids is 1. The summed E-state index contributed by atoms with van der Waals surface area (Å²) < 4.78 is 5.72. The number of carbonyl (C=O) groups is 1. The standard InChI is InChI=1S/C22H27N5O2S/c1-4-12-27(3)20-13-17(5-2)25-22(26-20)30-15-18-6-7-19(29-18)21(28)24-14-16-8-10-23-11-9-16/h6-11,13H,4-5,12,14-15H2,1-3H3,(H,24,28). The fourth-order valence-corrected chi connectivity index (χ4v) is 3.60. The Labute approximate surface area is 181 Å². The van der Waals surface area contributed by atoms with Crippen LogP contribution >= 0.6 is 11.8 Å². The van der Waals surface area contributed by atoms with Crippen LogP contribution in [0.1, 0.15) is 47.8 Å². The molecule has 8 heteroatoms. The summed E-state index contributed by atoms with van der Waals surface area (Å²) in [5, 5.41) is 3.57. The minimum absolute atomic E-state index is 0.240. The van der Waals surface area contributed by atoms with Crippen molar-refractivity contribution in [1.82, 2.24) is 20.3 Å². The van der Waals surface area contributed by atoms with Crippen LogP contribution in [0.3, 0.4) is 0 Å². The van der Waals surface area contributed by atoms with Crippen LogP contribution in [-0.2, 0) is 18.7 Å². The summed E-state index contributed by atoms with van der Waals surface area (Å²) in [7, 11) is 2.04. The molecule has 3 rings (SSSR count). The zero-order chi connectivity index (χ0) is 21.3. The summed E-state index contributed by atoms with van der Waals surface area (Å²) >= 11 is 1.51. The van der Waals surface area contributed by atoms with Gasteiger partial charge in [-0.1, -0.05) is 25.6 Å². The summed E-state index contributed by atoms with van der Waals surface area (Å²) in [6.07, 6.45) is 5.31. The van der Waals surface area contributed by atoms with Crippen LogP contribution in [-0.4, -0.2) is 34.5 Å². The smallest absolute Gasteiger partial charge is 0.287 e. The number of thioether (sulfide) groups is 1. The van der Waals surface area contributed by atoms with Gasteiger partial charge >= 0.3 is 0 Å². The second-order valence-electron chi connectivity index (χ2n) is 6.87. The first-order valence-electron chi connectivity index (χ1n) is 10.1. The van der Waals surface area contributed by atoms with Gasteiger partial charge in [0, 0.05) is 44.3 Å². The molecule has 1 amide bonds. The Morgan fingerprint density at radius 1 is 1.17 bits per heavy atom. The molecule has 0 aliphatic heterocycles. The van der Waals surface area contributed by atoms with Crippen LogP contribution in [0.15, 0.2) is 52.3 Å². The van der Waals surface area contributed by atoms with Crippen LogP contribution in [0, 0.1) is 0 Å². The van der Waals surface area contributed by atoms with E-state index in [4.69, 9.17) is 4.42 Å².